The summed E-state index contributed by atoms with van der Waals surface area (Å²) in [7, 11) is -1.50. The molecule has 0 aromatic heterocycles. The van der Waals surface area contributed by atoms with E-state index in [0.29, 0.717) is 12.5 Å². The second kappa shape index (κ2) is 5.27. The number of rotatable bonds is 5. The van der Waals surface area contributed by atoms with E-state index in [1.807, 2.05) is 0 Å². The van der Waals surface area contributed by atoms with Crippen molar-refractivity contribution in [3.05, 3.63) is 0 Å². The van der Waals surface area contributed by atoms with Crippen LogP contribution < -0.4 is 5.73 Å². The topological polar surface area (TPSA) is 63.4 Å². The van der Waals surface area contributed by atoms with Crippen molar-refractivity contribution in [3.8, 4) is 0 Å². The Bertz CT molecular complexity index is 284. The van der Waals surface area contributed by atoms with Gasteiger partial charge in [0.2, 0.25) is 10.0 Å². The van der Waals surface area contributed by atoms with Crippen LogP contribution in [0.5, 0.6) is 0 Å². The van der Waals surface area contributed by atoms with Gasteiger partial charge in [0.1, 0.15) is 0 Å². The van der Waals surface area contributed by atoms with Gasteiger partial charge in [-0.3, -0.25) is 0 Å². The predicted octanol–water partition coefficient (Wildman–Crippen LogP) is 0.785. The van der Waals surface area contributed by atoms with E-state index in [0.717, 1.165) is 12.8 Å². The molecule has 5 heteroatoms. The van der Waals surface area contributed by atoms with Gasteiger partial charge < -0.3 is 5.73 Å². The summed E-state index contributed by atoms with van der Waals surface area (Å²) in [5, 5.41) is -0.469. The van der Waals surface area contributed by atoms with Crippen LogP contribution in [-0.4, -0.2) is 38.1 Å². The van der Waals surface area contributed by atoms with Gasteiger partial charge in [0.15, 0.2) is 0 Å². The molecule has 15 heavy (non-hydrogen) atoms. The molecule has 1 aliphatic carbocycles. The maximum atomic E-state index is 11.9. The fraction of sp³-hybridized carbons (Fsp3) is 1.00. The Hall–Kier alpha value is -0.130. The SMILES string of the molecule is CC(CN)S(=O)(=O)N(C)CC1CCCC1. The Kier molecular flexibility index (Phi) is 4.55. The van der Waals surface area contributed by atoms with Gasteiger partial charge >= 0.3 is 0 Å². The third kappa shape index (κ3) is 3.16. The molecule has 4 nitrogen and oxygen atoms in total. The quantitative estimate of drug-likeness (QED) is 0.765. The zero-order valence-electron chi connectivity index (χ0n) is 9.65. The first-order valence-corrected chi connectivity index (χ1v) is 7.14. The molecule has 1 rings (SSSR count). The number of sulfonamides is 1. The Morgan fingerprint density at radius 3 is 2.40 bits per heavy atom. The van der Waals surface area contributed by atoms with Crippen molar-refractivity contribution in [2.24, 2.45) is 11.7 Å². The Labute approximate surface area is 92.9 Å². The Morgan fingerprint density at radius 1 is 1.40 bits per heavy atom. The molecule has 0 saturated heterocycles. The first-order chi connectivity index (χ1) is 6.98. The summed E-state index contributed by atoms with van der Waals surface area (Å²) >= 11 is 0. The van der Waals surface area contributed by atoms with Gasteiger partial charge in [0.25, 0.3) is 0 Å². The van der Waals surface area contributed by atoms with Gasteiger partial charge in [-0.15, -0.1) is 0 Å². The number of hydrogen-bond acceptors (Lipinski definition) is 3. The largest absolute Gasteiger partial charge is 0.329 e. The molecule has 0 aliphatic heterocycles. The fourth-order valence-electron chi connectivity index (χ4n) is 2.09. The van der Waals surface area contributed by atoms with Crippen molar-refractivity contribution < 1.29 is 8.42 Å². The minimum absolute atomic E-state index is 0.192. The smallest absolute Gasteiger partial charge is 0.217 e. The third-order valence-electron chi connectivity index (χ3n) is 3.26. The lowest BCUT2D eigenvalue weighted by molar-refractivity contribution is 0.383. The highest BCUT2D eigenvalue weighted by atomic mass is 32.2. The molecule has 1 saturated carbocycles. The van der Waals surface area contributed by atoms with Crippen LogP contribution in [0.15, 0.2) is 0 Å². The van der Waals surface area contributed by atoms with E-state index in [4.69, 9.17) is 5.73 Å². The molecule has 0 amide bonds. The molecule has 0 spiro atoms. The van der Waals surface area contributed by atoms with Crippen LogP contribution in [0.25, 0.3) is 0 Å². The molecule has 0 aromatic carbocycles. The van der Waals surface area contributed by atoms with Crippen LogP contribution in [0.3, 0.4) is 0 Å². The second-order valence-electron chi connectivity index (χ2n) is 4.52. The molecular formula is C10H22N2O2S. The zero-order valence-corrected chi connectivity index (χ0v) is 10.5. The standard InChI is InChI=1S/C10H22N2O2S/c1-9(7-11)15(13,14)12(2)8-10-5-3-4-6-10/h9-10H,3-8,11H2,1-2H3. The summed E-state index contributed by atoms with van der Waals surface area (Å²) in [5.41, 5.74) is 5.40. The highest BCUT2D eigenvalue weighted by molar-refractivity contribution is 7.89. The van der Waals surface area contributed by atoms with Crippen molar-refractivity contribution in [1.82, 2.24) is 4.31 Å². The van der Waals surface area contributed by atoms with E-state index < -0.39 is 15.3 Å². The summed E-state index contributed by atoms with van der Waals surface area (Å²) in [6.45, 7) is 2.52. The van der Waals surface area contributed by atoms with Gasteiger partial charge in [-0.05, 0) is 25.7 Å². The number of nitrogens with two attached hydrogens (primary N) is 1. The fourth-order valence-corrected chi connectivity index (χ4v) is 3.37. The maximum Gasteiger partial charge on any atom is 0.217 e. The first kappa shape index (κ1) is 12.9. The molecule has 0 radical (unpaired) electrons. The van der Waals surface area contributed by atoms with Crippen LogP contribution in [0.4, 0.5) is 0 Å². The van der Waals surface area contributed by atoms with Crippen LogP contribution in [0.2, 0.25) is 0 Å². The minimum Gasteiger partial charge on any atom is -0.329 e. The van der Waals surface area contributed by atoms with Crippen LogP contribution in [0.1, 0.15) is 32.6 Å². The molecule has 0 heterocycles. The molecule has 1 atom stereocenters. The van der Waals surface area contributed by atoms with Crippen molar-refractivity contribution in [3.63, 3.8) is 0 Å². The van der Waals surface area contributed by atoms with Crippen LogP contribution in [0, 0.1) is 5.92 Å². The Morgan fingerprint density at radius 2 is 1.93 bits per heavy atom. The molecule has 0 bridgehead atoms. The van der Waals surface area contributed by atoms with E-state index in [2.05, 4.69) is 0 Å². The highest BCUT2D eigenvalue weighted by Gasteiger charge is 2.27. The number of hydrogen-bond donors (Lipinski definition) is 1. The van der Waals surface area contributed by atoms with Crippen molar-refractivity contribution >= 4 is 10.0 Å². The van der Waals surface area contributed by atoms with E-state index in [-0.39, 0.29) is 6.54 Å². The van der Waals surface area contributed by atoms with E-state index in [9.17, 15) is 8.42 Å². The van der Waals surface area contributed by atoms with E-state index in [1.165, 1.54) is 17.1 Å². The van der Waals surface area contributed by atoms with E-state index >= 15 is 0 Å². The van der Waals surface area contributed by atoms with Gasteiger partial charge in [-0.1, -0.05) is 12.8 Å². The van der Waals surface area contributed by atoms with Crippen LogP contribution >= 0.6 is 0 Å². The summed E-state index contributed by atoms with van der Waals surface area (Å²) < 4.78 is 25.3. The lowest BCUT2D eigenvalue weighted by Gasteiger charge is -2.23. The molecule has 1 aliphatic rings. The lowest BCUT2D eigenvalue weighted by atomic mass is 10.1. The monoisotopic (exact) mass is 234 g/mol. The third-order valence-corrected chi connectivity index (χ3v) is 5.49. The average molecular weight is 234 g/mol. The summed E-state index contributed by atoms with van der Waals surface area (Å²) in [6.07, 6.45) is 4.81. The number of nitrogens with zero attached hydrogens (tertiary/aromatic N) is 1. The van der Waals surface area contributed by atoms with E-state index in [1.54, 1.807) is 14.0 Å². The maximum absolute atomic E-state index is 11.9. The molecule has 1 fully saturated rings. The lowest BCUT2D eigenvalue weighted by Crippen LogP contribution is -2.40. The van der Waals surface area contributed by atoms with Crippen molar-refractivity contribution in [1.29, 1.82) is 0 Å². The van der Waals surface area contributed by atoms with Crippen molar-refractivity contribution in [2.75, 3.05) is 20.1 Å². The molecular weight excluding hydrogens is 212 g/mol. The molecule has 2 N–H and O–H groups in total. The summed E-state index contributed by atoms with van der Waals surface area (Å²) in [5.74, 6) is 0.551. The van der Waals surface area contributed by atoms with Crippen molar-refractivity contribution in [2.45, 2.75) is 37.9 Å². The molecule has 1 unspecified atom stereocenters. The van der Waals surface area contributed by atoms with Gasteiger partial charge in [0, 0.05) is 20.1 Å². The summed E-state index contributed by atoms with van der Waals surface area (Å²) in [6, 6.07) is 0. The predicted molar refractivity (Wildman–Crippen MR) is 62.0 cm³/mol. The molecule has 90 valence electrons. The van der Waals surface area contributed by atoms with Gasteiger partial charge in [-0.2, -0.15) is 0 Å². The van der Waals surface area contributed by atoms with Gasteiger partial charge in [-0.25, -0.2) is 12.7 Å². The zero-order chi connectivity index (χ0) is 11.5. The summed E-state index contributed by atoms with van der Waals surface area (Å²) in [4.78, 5) is 0. The van der Waals surface area contributed by atoms with Crippen LogP contribution in [-0.2, 0) is 10.0 Å². The first-order valence-electron chi connectivity index (χ1n) is 5.63. The average Bonchev–Trinajstić information content (AvgIpc) is 2.68. The minimum atomic E-state index is -3.17. The molecule has 0 aromatic rings. The normalized spacial score (nSPS) is 21.1. The second-order valence-corrected chi connectivity index (χ2v) is 6.98. The Balaban J connectivity index is 2.54. The van der Waals surface area contributed by atoms with Gasteiger partial charge in [0.05, 0.1) is 5.25 Å². The highest BCUT2D eigenvalue weighted by Crippen LogP contribution is 2.26.